The van der Waals surface area contributed by atoms with Crippen molar-refractivity contribution < 1.29 is 14.8 Å². The van der Waals surface area contributed by atoms with E-state index in [4.69, 9.17) is 5.11 Å². The molecule has 0 unspecified atom stereocenters. The van der Waals surface area contributed by atoms with Gasteiger partial charge in [-0.15, -0.1) is 0 Å². The molecule has 0 atom stereocenters. The minimum absolute atomic E-state index is 0.0260. The molecule has 0 bridgehead atoms. The predicted octanol–water partition coefficient (Wildman–Crippen LogP) is 2.70. The Morgan fingerprint density at radius 2 is 2.00 bits per heavy atom. The molecule has 2 rings (SSSR count). The van der Waals surface area contributed by atoms with E-state index in [1.165, 1.54) is 12.1 Å². The van der Waals surface area contributed by atoms with Crippen LogP contribution in [-0.4, -0.2) is 20.6 Å². The van der Waals surface area contributed by atoms with Crippen LogP contribution in [0.3, 0.4) is 0 Å². The summed E-state index contributed by atoms with van der Waals surface area (Å²) in [5.41, 5.74) is 2.02. The van der Waals surface area contributed by atoms with Crippen molar-refractivity contribution in [3.8, 4) is 5.69 Å². The van der Waals surface area contributed by atoms with Crippen LogP contribution in [0, 0.1) is 24.0 Å². The molecular weight excluding hydrogens is 248 g/mol. The van der Waals surface area contributed by atoms with Crippen molar-refractivity contribution in [1.29, 1.82) is 0 Å². The molecule has 6 heteroatoms. The second-order valence-electron chi connectivity index (χ2n) is 4.20. The Bertz CT molecular complexity index is 673. The largest absolute Gasteiger partial charge is 0.478 e. The summed E-state index contributed by atoms with van der Waals surface area (Å²) >= 11 is 0. The molecule has 1 heterocycles. The van der Waals surface area contributed by atoms with Crippen molar-refractivity contribution in [3.05, 3.63) is 57.4 Å². The molecule has 1 aromatic carbocycles. The van der Waals surface area contributed by atoms with Crippen molar-refractivity contribution in [3.63, 3.8) is 0 Å². The van der Waals surface area contributed by atoms with Crippen LogP contribution in [0.5, 0.6) is 0 Å². The Labute approximate surface area is 109 Å². The molecule has 0 aliphatic heterocycles. The van der Waals surface area contributed by atoms with E-state index in [0.29, 0.717) is 11.4 Å². The highest BCUT2D eigenvalue weighted by Gasteiger charge is 2.16. The van der Waals surface area contributed by atoms with Gasteiger partial charge in [0.05, 0.1) is 16.2 Å². The lowest BCUT2D eigenvalue weighted by Crippen LogP contribution is -2.03. The average molecular weight is 260 g/mol. The second-order valence-corrected chi connectivity index (χ2v) is 4.20. The van der Waals surface area contributed by atoms with Gasteiger partial charge in [0.2, 0.25) is 0 Å². The third kappa shape index (κ3) is 2.20. The van der Waals surface area contributed by atoms with Crippen molar-refractivity contribution in [1.82, 2.24) is 4.57 Å². The Hall–Kier alpha value is -2.63. The molecule has 2 aromatic rings. The topological polar surface area (TPSA) is 85.4 Å². The number of carboxylic acid groups (broad SMARTS) is 1. The van der Waals surface area contributed by atoms with Gasteiger partial charge >= 0.3 is 5.97 Å². The van der Waals surface area contributed by atoms with Gasteiger partial charge < -0.3 is 9.67 Å². The van der Waals surface area contributed by atoms with Gasteiger partial charge in [-0.3, -0.25) is 10.1 Å². The predicted molar refractivity (Wildman–Crippen MR) is 68.9 cm³/mol. The molecule has 0 aliphatic carbocycles. The Morgan fingerprint density at radius 1 is 1.32 bits per heavy atom. The van der Waals surface area contributed by atoms with Crippen molar-refractivity contribution >= 4 is 11.7 Å². The van der Waals surface area contributed by atoms with Gasteiger partial charge in [-0.05, 0) is 26.0 Å². The number of non-ortho nitro benzene ring substituents is 1. The summed E-state index contributed by atoms with van der Waals surface area (Å²) in [6.45, 7) is 3.44. The summed E-state index contributed by atoms with van der Waals surface area (Å²) in [5.74, 6) is -1.01. The number of carboxylic acids is 1. The van der Waals surface area contributed by atoms with E-state index in [1.54, 1.807) is 36.6 Å². The number of hydrogen-bond acceptors (Lipinski definition) is 3. The van der Waals surface area contributed by atoms with Gasteiger partial charge in [0.1, 0.15) is 0 Å². The van der Waals surface area contributed by atoms with Gasteiger partial charge in [0, 0.05) is 23.5 Å². The summed E-state index contributed by atoms with van der Waals surface area (Å²) in [4.78, 5) is 21.4. The van der Waals surface area contributed by atoms with E-state index < -0.39 is 10.9 Å². The highest BCUT2D eigenvalue weighted by Crippen LogP contribution is 2.23. The number of nitrogens with zero attached hydrogens (tertiary/aromatic N) is 2. The van der Waals surface area contributed by atoms with Crippen LogP contribution in [0.2, 0.25) is 0 Å². The summed E-state index contributed by atoms with van der Waals surface area (Å²) in [7, 11) is 0. The number of nitro groups is 1. The highest BCUT2D eigenvalue weighted by atomic mass is 16.6. The minimum atomic E-state index is -1.01. The lowest BCUT2D eigenvalue weighted by Gasteiger charge is -2.09. The van der Waals surface area contributed by atoms with Crippen LogP contribution < -0.4 is 0 Å². The van der Waals surface area contributed by atoms with Crippen LogP contribution in [0.25, 0.3) is 5.69 Å². The molecule has 6 nitrogen and oxygen atoms in total. The molecule has 1 N–H and O–H groups in total. The van der Waals surface area contributed by atoms with E-state index in [0.717, 1.165) is 5.69 Å². The molecule has 0 spiro atoms. The molecule has 98 valence electrons. The third-order valence-corrected chi connectivity index (χ3v) is 2.96. The van der Waals surface area contributed by atoms with E-state index >= 15 is 0 Å². The van der Waals surface area contributed by atoms with Crippen LogP contribution in [-0.2, 0) is 0 Å². The van der Waals surface area contributed by atoms with Crippen LogP contribution >= 0.6 is 0 Å². The Kier molecular flexibility index (Phi) is 3.08. The Balaban J connectivity index is 2.62. The fourth-order valence-corrected chi connectivity index (χ4v) is 2.12. The molecule has 0 radical (unpaired) electrons. The average Bonchev–Trinajstić information content (AvgIpc) is 2.65. The first-order valence-electron chi connectivity index (χ1n) is 5.59. The van der Waals surface area contributed by atoms with Crippen LogP contribution in [0.1, 0.15) is 21.7 Å². The van der Waals surface area contributed by atoms with Crippen molar-refractivity contribution in [2.45, 2.75) is 13.8 Å². The fourth-order valence-electron chi connectivity index (χ4n) is 2.12. The molecule has 19 heavy (non-hydrogen) atoms. The van der Waals surface area contributed by atoms with E-state index in [2.05, 4.69) is 0 Å². The van der Waals surface area contributed by atoms with Gasteiger partial charge in [-0.2, -0.15) is 0 Å². The number of nitro benzene ring substituents is 1. The van der Waals surface area contributed by atoms with Gasteiger partial charge in [0.25, 0.3) is 5.69 Å². The number of aromatic carboxylic acids is 1. The summed E-state index contributed by atoms with van der Waals surface area (Å²) in [6.07, 6.45) is 0. The number of carbonyl (C=O) groups is 1. The zero-order valence-electron chi connectivity index (χ0n) is 10.5. The lowest BCUT2D eigenvalue weighted by atomic mass is 10.2. The maximum Gasteiger partial charge on any atom is 0.337 e. The summed E-state index contributed by atoms with van der Waals surface area (Å²) < 4.78 is 1.69. The molecule has 0 amide bonds. The van der Waals surface area contributed by atoms with E-state index in [9.17, 15) is 14.9 Å². The maximum absolute atomic E-state index is 11.1. The molecule has 0 saturated heterocycles. The fraction of sp³-hybridized carbons (Fsp3) is 0.154. The standard InChI is InChI=1S/C13H12N2O4/c1-8-6-12(13(16)17)9(2)14(8)10-4-3-5-11(7-10)15(18)19/h3-7H,1-2H3,(H,16,17). The van der Waals surface area contributed by atoms with Gasteiger partial charge in [0.15, 0.2) is 0 Å². The maximum atomic E-state index is 11.1. The molecule has 0 aliphatic rings. The molecular formula is C13H12N2O4. The molecule has 0 saturated carbocycles. The first-order valence-corrected chi connectivity index (χ1v) is 5.59. The second kappa shape index (κ2) is 4.56. The van der Waals surface area contributed by atoms with E-state index in [1.807, 2.05) is 0 Å². The number of aromatic nitrogens is 1. The van der Waals surface area contributed by atoms with Gasteiger partial charge in [-0.25, -0.2) is 4.79 Å². The van der Waals surface area contributed by atoms with E-state index in [-0.39, 0.29) is 11.3 Å². The van der Waals surface area contributed by atoms with Crippen molar-refractivity contribution in [2.75, 3.05) is 0 Å². The minimum Gasteiger partial charge on any atom is -0.478 e. The SMILES string of the molecule is Cc1cc(C(=O)O)c(C)n1-c1cccc([N+](=O)[O-])c1. The van der Waals surface area contributed by atoms with Crippen molar-refractivity contribution in [2.24, 2.45) is 0 Å². The Morgan fingerprint density at radius 3 is 2.53 bits per heavy atom. The summed E-state index contributed by atoms with van der Waals surface area (Å²) in [5, 5.41) is 19.8. The first-order chi connectivity index (χ1) is 8.91. The summed E-state index contributed by atoms with van der Waals surface area (Å²) in [6, 6.07) is 7.66. The number of aryl methyl sites for hydroxylation is 1. The highest BCUT2D eigenvalue weighted by molar-refractivity contribution is 5.89. The normalized spacial score (nSPS) is 10.4. The van der Waals surface area contributed by atoms with Crippen LogP contribution in [0.15, 0.2) is 30.3 Å². The third-order valence-electron chi connectivity index (χ3n) is 2.96. The molecule has 0 fully saturated rings. The van der Waals surface area contributed by atoms with Gasteiger partial charge in [-0.1, -0.05) is 6.07 Å². The molecule has 1 aromatic heterocycles. The number of hydrogen-bond donors (Lipinski definition) is 1. The lowest BCUT2D eigenvalue weighted by molar-refractivity contribution is -0.384. The number of benzene rings is 1. The smallest absolute Gasteiger partial charge is 0.337 e. The first kappa shape index (κ1) is 12.8. The van der Waals surface area contributed by atoms with Crippen LogP contribution in [0.4, 0.5) is 5.69 Å². The monoisotopic (exact) mass is 260 g/mol. The zero-order chi connectivity index (χ0) is 14.2. The quantitative estimate of drug-likeness (QED) is 0.679. The zero-order valence-corrected chi connectivity index (χ0v) is 10.5. The number of rotatable bonds is 3.